The van der Waals surface area contributed by atoms with Gasteiger partial charge in [0.2, 0.25) is 11.5 Å². The van der Waals surface area contributed by atoms with Crippen molar-refractivity contribution in [3.8, 4) is 0 Å². The molecule has 2 aliphatic heterocycles. The molecule has 0 bridgehead atoms. The van der Waals surface area contributed by atoms with E-state index in [1.165, 1.54) is 7.05 Å². The second-order valence-corrected chi connectivity index (χ2v) is 8.38. The fourth-order valence-corrected chi connectivity index (χ4v) is 4.96. The number of benzene rings is 1. The van der Waals surface area contributed by atoms with E-state index in [1.54, 1.807) is 35.5 Å². The maximum absolute atomic E-state index is 13.4. The number of aromatic amines is 1. The summed E-state index contributed by atoms with van der Waals surface area (Å²) in [5.41, 5.74) is 0.555. The zero-order chi connectivity index (χ0) is 23.2. The Morgan fingerprint density at radius 3 is 2.94 bits per heavy atom. The number of carbonyl (C=O) groups excluding carboxylic acids is 4. The van der Waals surface area contributed by atoms with E-state index in [-0.39, 0.29) is 24.5 Å². The zero-order valence-corrected chi connectivity index (χ0v) is 18.1. The van der Waals surface area contributed by atoms with E-state index in [0.29, 0.717) is 36.5 Å². The van der Waals surface area contributed by atoms with E-state index in [0.717, 1.165) is 23.3 Å². The standard InChI is InChI=1S/C22H24N6O5/c1-23-20(31)26-14-4-5-15-13(11-14)6-7-22(15)19(30)28(21(32)33-22)12-17(29)27-10-2-3-16(27)18-24-8-9-25-18/h4-5,8-9,11,16H,2-3,6-7,10,12H2,1H3,(H,24,25)(H2,23,26,31)/t16-,22+/m0/s1. The molecule has 1 aliphatic carbocycles. The van der Waals surface area contributed by atoms with E-state index in [2.05, 4.69) is 20.6 Å². The number of urea groups is 1. The summed E-state index contributed by atoms with van der Waals surface area (Å²) in [4.78, 5) is 60.6. The van der Waals surface area contributed by atoms with Crippen molar-refractivity contribution in [2.24, 2.45) is 0 Å². The second-order valence-electron chi connectivity index (χ2n) is 8.38. The Bertz CT molecular complexity index is 1130. The van der Waals surface area contributed by atoms with Gasteiger partial charge in [0.05, 0.1) is 6.04 Å². The van der Waals surface area contributed by atoms with Gasteiger partial charge in [0.25, 0.3) is 5.91 Å². The van der Waals surface area contributed by atoms with Gasteiger partial charge in [0.1, 0.15) is 12.4 Å². The molecule has 1 aromatic heterocycles. The maximum atomic E-state index is 13.4. The number of nitrogens with one attached hydrogen (secondary N) is 3. The second kappa shape index (κ2) is 7.91. The molecular formula is C22H24N6O5. The molecule has 3 aliphatic rings. The molecule has 5 rings (SSSR count). The summed E-state index contributed by atoms with van der Waals surface area (Å²) in [6.07, 6.45) is 4.90. The number of likely N-dealkylation sites (tertiary alicyclic amines) is 1. The molecule has 172 valence electrons. The lowest BCUT2D eigenvalue weighted by Gasteiger charge is -2.25. The predicted molar refractivity (Wildman–Crippen MR) is 115 cm³/mol. The van der Waals surface area contributed by atoms with Crippen molar-refractivity contribution in [2.75, 3.05) is 25.5 Å². The van der Waals surface area contributed by atoms with Crippen LogP contribution in [0.5, 0.6) is 0 Å². The number of rotatable bonds is 4. The topological polar surface area (TPSA) is 137 Å². The van der Waals surface area contributed by atoms with Crippen LogP contribution in [0.1, 0.15) is 42.3 Å². The van der Waals surface area contributed by atoms with E-state index in [9.17, 15) is 19.2 Å². The number of imide groups is 1. The van der Waals surface area contributed by atoms with Gasteiger partial charge < -0.3 is 25.3 Å². The molecule has 0 unspecified atom stereocenters. The van der Waals surface area contributed by atoms with Crippen molar-refractivity contribution in [1.82, 2.24) is 25.1 Å². The highest BCUT2D eigenvalue weighted by molar-refractivity contribution is 6.06. The molecule has 3 N–H and O–H groups in total. The fraction of sp³-hybridized carbons (Fsp3) is 0.409. The molecule has 2 aromatic rings. The van der Waals surface area contributed by atoms with Gasteiger partial charge in [0.15, 0.2) is 0 Å². The highest BCUT2D eigenvalue weighted by Gasteiger charge is 2.58. The summed E-state index contributed by atoms with van der Waals surface area (Å²) in [6, 6.07) is 4.57. The van der Waals surface area contributed by atoms with Gasteiger partial charge >= 0.3 is 12.1 Å². The molecule has 0 radical (unpaired) electrons. The first-order chi connectivity index (χ1) is 15.9. The fourth-order valence-electron chi connectivity index (χ4n) is 4.96. The molecule has 2 fully saturated rings. The molecule has 5 amide bonds. The first-order valence-electron chi connectivity index (χ1n) is 10.9. The lowest BCUT2D eigenvalue weighted by Crippen LogP contribution is -2.44. The minimum absolute atomic E-state index is 0.200. The Hall–Kier alpha value is -3.89. The van der Waals surface area contributed by atoms with Crippen LogP contribution in [0.15, 0.2) is 30.6 Å². The lowest BCUT2D eigenvalue weighted by atomic mass is 9.94. The van der Waals surface area contributed by atoms with Crippen LogP contribution in [0.25, 0.3) is 0 Å². The molecular weight excluding hydrogens is 428 g/mol. The predicted octanol–water partition coefficient (Wildman–Crippen LogP) is 1.64. The maximum Gasteiger partial charge on any atom is 0.418 e. The summed E-state index contributed by atoms with van der Waals surface area (Å²) < 4.78 is 5.61. The van der Waals surface area contributed by atoms with Crippen molar-refractivity contribution in [3.63, 3.8) is 0 Å². The quantitative estimate of drug-likeness (QED) is 0.645. The summed E-state index contributed by atoms with van der Waals surface area (Å²) in [5.74, 6) is -0.154. The van der Waals surface area contributed by atoms with Gasteiger partial charge in [-0.3, -0.25) is 9.59 Å². The number of aromatic nitrogens is 2. The third-order valence-corrected chi connectivity index (χ3v) is 6.55. The Labute approximate surface area is 189 Å². The van der Waals surface area contributed by atoms with Crippen LogP contribution >= 0.6 is 0 Å². The molecule has 11 heteroatoms. The number of hydrogen-bond donors (Lipinski definition) is 3. The van der Waals surface area contributed by atoms with Gasteiger partial charge in [-0.1, -0.05) is 6.07 Å². The molecule has 2 atom stereocenters. The minimum Gasteiger partial charge on any atom is -0.427 e. The summed E-state index contributed by atoms with van der Waals surface area (Å²) in [6.45, 7) is 0.165. The van der Waals surface area contributed by atoms with Gasteiger partial charge in [-0.15, -0.1) is 0 Å². The van der Waals surface area contributed by atoms with Crippen molar-refractivity contribution >= 4 is 29.6 Å². The molecule has 33 heavy (non-hydrogen) atoms. The Kier molecular flexibility index (Phi) is 5.03. The lowest BCUT2D eigenvalue weighted by molar-refractivity contribution is -0.142. The average Bonchev–Trinajstić information content (AvgIpc) is 3.59. The molecule has 0 saturated carbocycles. The van der Waals surface area contributed by atoms with E-state index in [4.69, 9.17) is 4.74 Å². The van der Waals surface area contributed by atoms with E-state index in [1.807, 2.05) is 0 Å². The zero-order valence-electron chi connectivity index (χ0n) is 18.1. The molecule has 11 nitrogen and oxygen atoms in total. The first kappa shape index (κ1) is 21.0. The smallest absolute Gasteiger partial charge is 0.418 e. The number of aryl methyl sites for hydroxylation is 1. The number of amides is 5. The third kappa shape index (κ3) is 3.40. The highest BCUT2D eigenvalue weighted by Crippen LogP contribution is 2.46. The monoisotopic (exact) mass is 452 g/mol. The van der Waals surface area contributed by atoms with Gasteiger partial charge in [-0.05, 0) is 37.0 Å². The normalized spacial score (nSPS) is 23.7. The van der Waals surface area contributed by atoms with Gasteiger partial charge in [-0.2, -0.15) is 0 Å². The van der Waals surface area contributed by atoms with Crippen molar-refractivity contribution in [2.45, 2.75) is 37.3 Å². The number of fused-ring (bicyclic) bond motifs is 2. The Morgan fingerprint density at radius 2 is 2.18 bits per heavy atom. The largest absolute Gasteiger partial charge is 0.427 e. The number of hydrogen-bond acceptors (Lipinski definition) is 6. The van der Waals surface area contributed by atoms with Gasteiger partial charge in [0, 0.05) is 43.7 Å². The van der Waals surface area contributed by atoms with Crippen molar-refractivity contribution in [3.05, 3.63) is 47.5 Å². The SMILES string of the molecule is CNC(=O)Nc1ccc2c(c1)CC[C@@]21OC(=O)N(CC(=O)N2CCC[C@H]2c2ncc[nH]2)C1=O. The number of carbonyl (C=O) groups is 4. The number of H-pyrrole nitrogens is 1. The van der Waals surface area contributed by atoms with Crippen LogP contribution in [-0.2, 0) is 26.3 Å². The Balaban J connectivity index is 1.34. The van der Waals surface area contributed by atoms with Crippen molar-refractivity contribution in [1.29, 1.82) is 0 Å². The van der Waals surface area contributed by atoms with Gasteiger partial charge in [-0.25, -0.2) is 19.5 Å². The van der Waals surface area contributed by atoms with E-state index < -0.39 is 17.6 Å². The molecule has 1 spiro atoms. The minimum atomic E-state index is -1.43. The first-order valence-corrected chi connectivity index (χ1v) is 10.9. The van der Waals surface area contributed by atoms with Crippen LogP contribution in [0.2, 0.25) is 0 Å². The summed E-state index contributed by atoms with van der Waals surface area (Å²) >= 11 is 0. The van der Waals surface area contributed by atoms with Crippen LogP contribution in [-0.4, -0.2) is 63.8 Å². The summed E-state index contributed by atoms with van der Waals surface area (Å²) in [7, 11) is 1.52. The summed E-state index contributed by atoms with van der Waals surface area (Å²) in [5, 5.41) is 5.17. The Morgan fingerprint density at radius 1 is 1.33 bits per heavy atom. The number of imidazole rings is 1. The average molecular weight is 452 g/mol. The van der Waals surface area contributed by atoms with Crippen LogP contribution in [0.3, 0.4) is 0 Å². The van der Waals surface area contributed by atoms with Crippen LogP contribution in [0.4, 0.5) is 15.3 Å². The molecule has 3 heterocycles. The molecule has 1 aromatic carbocycles. The highest BCUT2D eigenvalue weighted by atomic mass is 16.6. The number of nitrogens with zero attached hydrogens (tertiary/aromatic N) is 3. The number of anilines is 1. The molecule has 2 saturated heterocycles. The van der Waals surface area contributed by atoms with Crippen molar-refractivity contribution < 1.29 is 23.9 Å². The van der Waals surface area contributed by atoms with Crippen LogP contribution in [0, 0.1) is 0 Å². The van der Waals surface area contributed by atoms with E-state index >= 15 is 0 Å². The third-order valence-electron chi connectivity index (χ3n) is 6.55. The number of ether oxygens (including phenoxy) is 1. The van der Waals surface area contributed by atoms with Crippen LogP contribution < -0.4 is 10.6 Å².